The highest BCUT2D eigenvalue weighted by atomic mass is 35.5. The van der Waals surface area contributed by atoms with Gasteiger partial charge in [0.05, 0.1) is 6.26 Å². The van der Waals surface area contributed by atoms with Gasteiger partial charge in [-0.3, -0.25) is 0 Å². The molecule has 0 spiro atoms. The van der Waals surface area contributed by atoms with Crippen LogP contribution in [0.5, 0.6) is 0 Å². The van der Waals surface area contributed by atoms with Gasteiger partial charge in [-0.15, -0.1) is 0 Å². The van der Waals surface area contributed by atoms with Crippen LogP contribution >= 0.6 is 0 Å². The van der Waals surface area contributed by atoms with Gasteiger partial charge in [-0.25, -0.2) is 4.39 Å². The van der Waals surface area contributed by atoms with E-state index in [4.69, 9.17) is 0 Å². The second-order valence-corrected chi connectivity index (χ2v) is 7.35. The van der Waals surface area contributed by atoms with Crippen LogP contribution in [-0.2, 0) is 18.2 Å². The first-order valence-electron chi connectivity index (χ1n) is 9.13. The lowest BCUT2D eigenvalue weighted by atomic mass is 10.0. The van der Waals surface area contributed by atoms with Gasteiger partial charge in [0.1, 0.15) is 11.6 Å². The molecule has 134 valence electrons. The van der Waals surface area contributed by atoms with E-state index in [2.05, 4.69) is 6.26 Å². The van der Waals surface area contributed by atoms with E-state index in [1.807, 2.05) is 12.1 Å². The van der Waals surface area contributed by atoms with Gasteiger partial charge in [0.25, 0.3) is 0 Å². The molecular formula is C20H34ClFS. The van der Waals surface area contributed by atoms with E-state index in [0.717, 1.165) is 18.4 Å². The van der Waals surface area contributed by atoms with Crippen molar-refractivity contribution in [2.75, 3.05) is 12.0 Å². The van der Waals surface area contributed by atoms with Crippen LogP contribution in [0.15, 0.2) is 24.3 Å². The number of aryl methyl sites for hydroxylation is 1. The van der Waals surface area contributed by atoms with Gasteiger partial charge < -0.3 is 12.4 Å². The standard InChI is InChI=1S/C20H33FS.ClH/c1-22-18-14-10-8-6-4-2-3-5-7-9-11-15-19-16-12-13-17-20(19)21;/h12-13,16-17H,2-11,14-15,18H2,1H3;1H. The van der Waals surface area contributed by atoms with E-state index in [0.29, 0.717) is 0 Å². The van der Waals surface area contributed by atoms with Crippen molar-refractivity contribution in [2.24, 2.45) is 0 Å². The van der Waals surface area contributed by atoms with Gasteiger partial charge >= 0.3 is 0 Å². The van der Waals surface area contributed by atoms with E-state index in [-0.39, 0.29) is 18.2 Å². The van der Waals surface area contributed by atoms with E-state index in [1.54, 1.807) is 23.9 Å². The lowest BCUT2D eigenvalue weighted by Crippen LogP contribution is -3.00. The summed E-state index contributed by atoms with van der Waals surface area (Å²) < 4.78 is 13.4. The molecule has 1 aromatic carbocycles. The largest absolute Gasteiger partial charge is 1.00 e. The molecule has 0 nitrogen and oxygen atoms in total. The Morgan fingerprint density at radius 2 is 1.22 bits per heavy atom. The number of unbranched alkanes of at least 4 members (excludes halogenated alkanes) is 10. The fourth-order valence-corrected chi connectivity index (χ4v) is 3.42. The first-order chi connectivity index (χ1) is 10.8. The molecule has 23 heavy (non-hydrogen) atoms. The average Bonchev–Trinajstić information content (AvgIpc) is 2.53. The summed E-state index contributed by atoms with van der Waals surface area (Å²) in [7, 11) is 0. The molecule has 0 aliphatic carbocycles. The second kappa shape index (κ2) is 16.6. The predicted octanol–water partition coefficient (Wildman–Crippen LogP) is 3.11. The van der Waals surface area contributed by atoms with Gasteiger partial charge in [-0.2, -0.15) is 0 Å². The summed E-state index contributed by atoms with van der Waals surface area (Å²) in [5.41, 5.74) is 0.880. The molecule has 0 amide bonds. The third-order valence-electron chi connectivity index (χ3n) is 4.29. The SMILES string of the molecule is C[SH+]CCCCCCCCCCCCCc1ccccc1F.[Cl-]. The normalized spacial score (nSPS) is 10.5. The molecule has 0 aromatic heterocycles. The van der Waals surface area contributed by atoms with Crippen molar-refractivity contribution in [2.45, 2.75) is 77.0 Å². The Labute approximate surface area is 153 Å². The van der Waals surface area contributed by atoms with Gasteiger partial charge in [-0.05, 0) is 49.1 Å². The molecular weight excluding hydrogens is 327 g/mol. The second-order valence-electron chi connectivity index (χ2n) is 6.27. The van der Waals surface area contributed by atoms with Crippen LogP contribution in [0.2, 0.25) is 0 Å². The third kappa shape index (κ3) is 12.8. The Morgan fingerprint density at radius 1 is 0.739 bits per heavy atom. The van der Waals surface area contributed by atoms with Gasteiger partial charge in [0.2, 0.25) is 0 Å². The third-order valence-corrected chi connectivity index (χ3v) is 5.05. The zero-order chi connectivity index (χ0) is 15.9. The number of halogens is 2. The van der Waals surface area contributed by atoms with Crippen LogP contribution < -0.4 is 12.4 Å². The zero-order valence-electron chi connectivity index (χ0n) is 14.7. The number of rotatable bonds is 14. The molecule has 3 heteroatoms. The van der Waals surface area contributed by atoms with Crippen LogP contribution in [0.1, 0.15) is 76.2 Å². The quantitative estimate of drug-likeness (QED) is 0.272. The van der Waals surface area contributed by atoms with Crippen LogP contribution in [0.3, 0.4) is 0 Å². The van der Waals surface area contributed by atoms with Gasteiger partial charge in [0.15, 0.2) is 0 Å². The van der Waals surface area contributed by atoms with Crippen molar-refractivity contribution < 1.29 is 16.8 Å². The van der Waals surface area contributed by atoms with Crippen molar-refractivity contribution in [1.29, 1.82) is 0 Å². The van der Waals surface area contributed by atoms with Crippen molar-refractivity contribution in [3.8, 4) is 0 Å². The average molecular weight is 361 g/mol. The summed E-state index contributed by atoms with van der Waals surface area (Å²) in [6, 6.07) is 7.18. The maximum Gasteiger partial charge on any atom is 0.126 e. The molecule has 1 aromatic rings. The Morgan fingerprint density at radius 3 is 1.74 bits per heavy atom. The summed E-state index contributed by atoms with van der Waals surface area (Å²) in [4.78, 5) is 0. The van der Waals surface area contributed by atoms with E-state index < -0.39 is 0 Å². The summed E-state index contributed by atoms with van der Waals surface area (Å²) in [5.74, 6) is 1.34. The molecule has 0 fully saturated rings. The number of hydrogen-bond acceptors (Lipinski definition) is 0. The monoisotopic (exact) mass is 360 g/mol. The molecule has 0 bridgehead atoms. The van der Waals surface area contributed by atoms with E-state index in [9.17, 15) is 4.39 Å². The van der Waals surface area contributed by atoms with Crippen LogP contribution in [-0.4, -0.2) is 12.0 Å². The molecule has 0 heterocycles. The highest BCUT2D eigenvalue weighted by molar-refractivity contribution is 7.77. The van der Waals surface area contributed by atoms with Gasteiger partial charge in [0, 0.05) is 0 Å². The molecule has 0 aliphatic heterocycles. The Bertz CT molecular complexity index is 370. The lowest BCUT2D eigenvalue weighted by Gasteiger charge is -2.04. The van der Waals surface area contributed by atoms with Crippen molar-refractivity contribution in [1.82, 2.24) is 0 Å². The molecule has 0 N–H and O–H groups in total. The van der Waals surface area contributed by atoms with Gasteiger partial charge in [-0.1, -0.05) is 69.6 Å². The maximum absolute atomic E-state index is 13.4. The Hall–Kier alpha value is -0.210. The number of thiol groups is 1. The molecule has 0 radical (unpaired) electrons. The Kier molecular flexibility index (Phi) is 16.5. The summed E-state index contributed by atoms with van der Waals surface area (Å²) >= 11 is 1.55. The fraction of sp³-hybridized carbons (Fsp3) is 0.700. The maximum atomic E-state index is 13.4. The first kappa shape index (κ1) is 22.8. The topological polar surface area (TPSA) is 0 Å². The summed E-state index contributed by atoms with van der Waals surface area (Å²) in [5, 5.41) is 0. The first-order valence-corrected chi connectivity index (χ1v) is 10.7. The van der Waals surface area contributed by atoms with E-state index >= 15 is 0 Å². The smallest absolute Gasteiger partial charge is 0.126 e. The molecule has 0 aliphatic rings. The molecule has 0 unspecified atom stereocenters. The van der Waals surface area contributed by atoms with Crippen LogP contribution in [0, 0.1) is 5.82 Å². The highest BCUT2D eigenvalue weighted by Crippen LogP contribution is 2.14. The molecule has 0 saturated carbocycles. The van der Waals surface area contributed by atoms with Crippen molar-refractivity contribution >= 4 is 11.8 Å². The minimum atomic E-state index is -0.0408. The minimum absolute atomic E-state index is 0. The molecule has 0 saturated heterocycles. The fourth-order valence-electron chi connectivity index (χ4n) is 2.88. The van der Waals surface area contributed by atoms with Crippen LogP contribution in [0.25, 0.3) is 0 Å². The number of hydrogen-bond donors (Lipinski definition) is 0. The Balaban J connectivity index is 0.00000484. The zero-order valence-corrected chi connectivity index (χ0v) is 16.4. The number of benzene rings is 1. The lowest BCUT2D eigenvalue weighted by molar-refractivity contribution is -0.00000526. The summed E-state index contributed by atoms with van der Waals surface area (Å²) in [6.45, 7) is 0. The predicted molar refractivity (Wildman–Crippen MR) is 100 cm³/mol. The van der Waals surface area contributed by atoms with Crippen LogP contribution in [0.4, 0.5) is 4.39 Å². The highest BCUT2D eigenvalue weighted by Gasteiger charge is 2.00. The van der Waals surface area contributed by atoms with E-state index in [1.165, 1.54) is 70.0 Å². The summed E-state index contributed by atoms with van der Waals surface area (Å²) in [6.07, 6.45) is 18.1. The molecule has 0 atom stereocenters. The van der Waals surface area contributed by atoms with Crippen molar-refractivity contribution in [3.05, 3.63) is 35.6 Å². The van der Waals surface area contributed by atoms with Crippen molar-refractivity contribution in [3.63, 3.8) is 0 Å². The molecule has 1 rings (SSSR count). The minimum Gasteiger partial charge on any atom is -1.00 e.